The summed E-state index contributed by atoms with van der Waals surface area (Å²) in [5.74, 6) is 0.590. The number of carbonyl (C=O) groups excluding carboxylic acids is 1. The summed E-state index contributed by atoms with van der Waals surface area (Å²) in [6.45, 7) is 5.22. The second-order valence-electron chi connectivity index (χ2n) is 5.23. The van der Waals surface area contributed by atoms with Crippen molar-refractivity contribution in [2.45, 2.75) is 20.3 Å². The lowest BCUT2D eigenvalue weighted by Gasteiger charge is -2.06. The molecule has 0 heterocycles. The van der Waals surface area contributed by atoms with Gasteiger partial charge in [-0.3, -0.25) is 4.79 Å². The van der Waals surface area contributed by atoms with Crippen LogP contribution in [-0.2, 0) is 0 Å². The molecular formula is C13H18N2O. The smallest absolute Gasteiger partial charge is 0.251 e. The molecule has 1 atom stereocenters. The molecule has 1 aliphatic carbocycles. The number of nitrogens with two attached hydrogens (primary N) is 1. The van der Waals surface area contributed by atoms with Gasteiger partial charge in [0.05, 0.1) is 0 Å². The molecule has 0 aliphatic heterocycles. The van der Waals surface area contributed by atoms with Crippen LogP contribution in [0, 0.1) is 11.3 Å². The summed E-state index contributed by atoms with van der Waals surface area (Å²) in [7, 11) is 0. The molecule has 1 aliphatic rings. The lowest BCUT2D eigenvalue weighted by atomic mass is 10.1. The molecule has 1 aromatic carbocycles. The Morgan fingerprint density at radius 1 is 1.56 bits per heavy atom. The van der Waals surface area contributed by atoms with E-state index in [4.69, 9.17) is 5.73 Å². The Kier molecular flexibility index (Phi) is 2.62. The first-order valence-electron chi connectivity index (χ1n) is 5.63. The standard InChI is InChI=1S/C13H18N2O/c1-13(2)7-10(13)8-15-12(16)9-4-3-5-11(14)6-9/h3-6,10H,7-8,14H2,1-2H3,(H,15,16). The Hall–Kier alpha value is -1.51. The molecular weight excluding hydrogens is 200 g/mol. The third-order valence-corrected chi connectivity index (χ3v) is 3.38. The van der Waals surface area contributed by atoms with Crippen molar-refractivity contribution >= 4 is 11.6 Å². The summed E-state index contributed by atoms with van der Waals surface area (Å²) in [5, 5.41) is 2.95. The van der Waals surface area contributed by atoms with Gasteiger partial charge in [-0.15, -0.1) is 0 Å². The van der Waals surface area contributed by atoms with E-state index < -0.39 is 0 Å². The van der Waals surface area contributed by atoms with Gasteiger partial charge in [0.25, 0.3) is 5.91 Å². The van der Waals surface area contributed by atoms with Crippen LogP contribution in [0.1, 0.15) is 30.6 Å². The van der Waals surface area contributed by atoms with Crippen LogP contribution in [0.25, 0.3) is 0 Å². The number of amides is 1. The van der Waals surface area contributed by atoms with Gasteiger partial charge in [-0.1, -0.05) is 19.9 Å². The highest BCUT2D eigenvalue weighted by Gasteiger charge is 2.45. The van der Waals surface area contributed by atoms with Crippen molar-refractivity contribution in [2.24, 2.45) is 11.3 Å². The Morgan fingerprint density at radius 3 is 2.81 bits per heavy atom. The number of nitrogen functional groups attached to an aromatic ring is 1. The van der Waals surface area contributed by atoms with Gasteiger partial charge in [0.1, 0.15) is 0 Å². The van der Waals surface area contributed by atoms with E-state index in [1.807, 2.05) is 0 Å². The predicted molar refractivity (Wildman–Crippen MR) is 65.1 cm³/mol. The molecule has 1 amide bonds. The van der Waals surface area contributed by atoms with Crippen molar-refractivity contribution < 1.29 is 4.79 Å². The van der Waals surface area contributed by atoms with Gasteiger partial charge in [-0.05, 0) is 36.0 Å². The van der Waals surface area contributed by atoms with Crippen molar-refractivity contribution in [3.05, 3.63) is 29.8 Å². The van der Waals surface area contributed by atoms with Crippen LogP contribution in [0.3, 0.4) is 0 Å². The van der Waals surface area contributed by atoms with Gasteiger partial charge < -0.3 is 11.1 Å². The van der Waals surface area contributed by atoms with Crippen LogP contribution in [0.2, 0.25) is 0 Å². The van der Waals surface area contributed by atoms with E-state index in [0.717, 1.165) is 6.54 Å². The Bertz CT molecular complexity index is 412. The quantitative estimate of drug-likeness (QED) is 0.763. The third-order valence-electron chi connectivity index (χ3n) is 3.38. The average Bonchev–Trinajstić information content (AvgIpc) is 2.83. The van der Waals surface area contributed by atoms with E-state index in [9.17, 15) is 4.79 Å². The zero-order valence-corrected chi connectivity index (χ0v) is 9.79. The monoisotopic (exact) mass is 218 g/mol. The van der Waals surface area contributed by atoms with E-state index in [2.05, 4.69) is 19.2 Å². The maximum atomic E-state index is 11.8. The first-order valence-corrected chi connectivity index (χ1v) is 5.63. The van der Waals surface area contributed by atoms with Crippen LogP contribution < -0.4 is 11.1 Å². The van der Waals surface area contributed by atoms with E-state index in [1.54, 1.807) is 24.3 Å². The highest BCUT2D eigenvalue weighted by atomic mass is 16.1. The molecule has 0 saturated heterocycles. The van der Waals surface area contributed by atoms with Crippen molar-refractivity contribution in [3.63, 3.8) is 0 Å². The Labute approximate surface area is 96.0 Å². The fourth-order valence-corrected chi connectivity index (χ4v) is 1.92. The lowest BCUT2D eigenvalue weighted by Crippen LogP contribution is -2.26. The van der Waals surface area contributed by atoms with E-state index >= 15 is 0 Å². The molecule has 0 bridgehead atoms. The minimum absolute atomic E-state index is 0.0324. The van der Waals surface area contributed by atoms with E-state index in [-0.39, 0.29) is 5.91 Å². The van der Waals surface area contributed by atoms with Gasteiger partial charge >= 0.3 is 0 Å². The summed E-state index contributed by atoms with van der Waals surface area (Å²) >= 11 is 0. The van der Waals surface area contributed by atoms with E-state index in [0.29, 0.717) is 22.6 Å². The summed E-state index contributed by atoms with van der Waals surface area (Å²) in [6, 6.07) is 7.06. The number of hydrogen-bond donors (Lipinski definition) is 2. The van der Waals surface area contributed by atoms with Crippen LogP contribution >= 0.6 is 0 Å². The molecule has 86 valence electrons. The van der Waals surface area contributed by atoms with Crippen molar-refractivity contribution in [1.82, 2.24) is 5.32 Å². The van der Waals surface area contributed by atoms with Crippen LogP contribution in [-0.4, -0.2) is 12.5 Å². The van der Waals surface area contributed by atoms with Gasteiger partial charge in [-0.25, -0.2) is 0 Å². The van der Waals surface area contributed by atoms with Crippen LogP contribution in [0.5, 0.6) is 0 Å². The molecule has 1 aromatic rings. The van der Waals surface area contributed by atoms with Crippen LogP contribution in [0.4, 0.5) is 5.69 Å². The second-order valence-corrected chi connectivity index (χ2v) is 5.23. The van der Waals surface area contributed by atoms with E-state index in [1.165, 1.54) is 6.42 Å². The highest BCUT2D eigenvalue weighted by Crippen LogP contribution is 2.50. The first kappa shape index (κ1) is 11.0. The van der Waals surface area contributed by atoms with Gasteiger partial charge in [0.2, 0.25) is 0 Å². The molecule has 1 saturated carbocycles. The van der Waals surface area contributed by atoms with Crippen molar-refractivity contribution in [3.8, 4) is 0 Å². The summed E-state index contributed by atoms with van der Waals surface area (Å²) in [5.41, 5.74) is 7.30. The topological polar surface area (TPSA) is 55.1 Å². The number of hydrogen-bond acceptors (Lipinski definition) is 2. The molecule has 1 unspecified atom stereocenters. The van der Waals surface area contributed by atoms with Gasteiger partial charge in [-0.2, -0.15) is 0 Å². The Balaban J connectivity index is 1.89. The number of carbonyl (C=O) groups is 1. The summed E-state index contributed by atoms with van der Waals surface area (Å²) < 4.78 is 0. The second kappa shape index (κ2) is 3.81. The molecule has 0 radical (unpaired) electrons. The van der Waals surface area contributed by atoms with Gasteiger partial charge in [0, 0.05) is 17.8 Å². The minimum Gasteiger partial charge on any atom is -0.399 e. The predicted octanol–water partition coefficient (Wildman–Crippen LogP) is 2.04. The fourth-order valence-electron chi connectivity index (χ4n) is 1.92. The number of benzene rings is 1. The summed E-state index contributed by atoms with van der Waals surface area (Å²) in [4.78, 5) is 11.8. The first-order chi connectivity index (χ1) is 7.49. The zero-order valence-electron chi connectivity index (χ0n) is 9.79. The zero-order chi connectivity index (χ0) is 11.8. The molecule has 16 heavy (non-hydrogen) atoms. The molecule has 0 aromatic heterocycles. The lowest BCUT2D eigenvalue weighted by molar-refractivity contribution is 0.0950. The molecule has 3 heteroatoms. The minimum atomic E-state index is -0.0324. The normalized spacial score (nSPS) is 21.5. The molecule has 3 nitrogen and oxygen atoms in total. The highest BCUT2D eigenvalue weighted by molar-refractivity contribution is 5.94. The SMILES string of the molecule is CC1(C)CC1CNC(=O)c1cccc(N)c1. The molecule has 1 fully saturated rings. The maximum Gasteiger partial charge on any atom is 0.251 e. The van der Waals surface area contributed by atoms with Crippen LogP contribution in [0.15, 0.2) is 24.3 Å². The number of nitrogens with one attached hydrogen (secondary N) is 1. The Morgan fingerprint density at radius 2 is 2.25 bits per heavy atom. The van der Waals surface area contributed by atoms with Crippen molar-refractivity contribution in [2.75, 3.05) is 12.3 Å². The average molecular weight is 218 g/mol. The third kappa shape index (κ3) is 2.35. The van der Waals surface area contributed by atoms with Gasteiger partial charge in [0.15, 0.2) is 0 Å². The summed E-state index contributed by atoms with van der Waals surface area (Å²) in [6.07, 6.45) is 1.20. The largest absolute Gasteiger partial charge is 0.399 e. The molecule has 3 N–H and O–H groups in total. The number of rotatable bonds is 3. The molecule has 0 spiro atoms. The maximum absolute atomic E-state index is 11.8. The molecule has 2 rings (SSSR count). The number of anilines is 1. The fraction of sp³-hybridized carbons (Fsp3) is 0.462. The van der Waals surface area contributed by atoms with Crippen molar-refractivity contribution in [1.29, 1.82) is 0 Å².